The van der Waals surface area contributed by atoms with E-state index in [1.54, 1.807) is 6.08 Å². The number of halogens is 1. The number of aldehydes is 1. The molecule has 2 aromatic carbocycles. The van der Waals surface area contributed by atoms with Crippen molar-refractivity contribution in [1.29, 1.82) is 0 Å². The molecule has 1 heterocycles. The zero-order chi connectivity index (χ0) is 16.5. The first-order valence-corrected chi connectivity index (χ1v) is 8.26. The molecule has 3 heteroatoms. The first-order valence-electron chi connectivity index (χ1n) is 8.26. The Balaban J connectivity index is 1.95. The van der Waals surface area contributed by atoms with E-state index >= 15 is 0 Å². The number of benzene rings is 2. The Kier molecular flexibility index (Phi) is 3.77. The van der Waals surface area contributed by atoms with E-state index in [1.165, 1.54) is 25.0 Å². The highest BCUT2D eigenvalue weighted by Gasteiger charge is 2.37. The SMILES string of the molecule is O=C/C=C/C1=C(c2ccc(F)cc2)c2ccccc2NC1C1CC1. The molecule has 2 nitrogen and oxygen atoms in total. The summed E-state index contributed by atoms with van der Waals surface area (Å²) in [5.41, 5.74) is 5.35. The highest BCUT2D eigenvalue weighted by atomic mass is 19.1. The van der Waals surface area contributed by atoms with Crippen molar-refractivity contribution in [3.63, 3.8) is 0 Å². The Morgan fingerprint density at radius 3 is 2.50 bits per heavy atom. The molecule has 120 valence electrons. The zero-order valence-electron chi connectivity index (χ0n) is 13.2. The van der Waals surface area contributed by atoms with E-state index in [2.05, 4.69) is 17.4 Å². The second-order valence-corrected chi connectivity index (χ2v) is 6.34. The van der Waals surface area contributed by atoms with Gasteiger partial charge in [0.25, 0.3) is 0 Å². The lowest BCUT2D eigenvalue weighted by atomic mass is 9.83. The van der Waals surface area contributed by atoms with Gasteiger partial charge in [-0.1, -0.05) is 36.4 Å². The molecule has 1 atom stereocenters. The maximum Gasteiger partial charge on any atom is 0.142 e. The van der Waals surface area contributed by atoms with Crippen molar-refractivity contribution >= 4 is 17.5 Å². The Morgan fingerprint density at radius 2 is 1.79 bits per heavy atom. The summed E-state index contributed by atoms with van der Waals surface area (Å²) in [7, 11) is 0. The molecule has 0 amide bonds. The van der Waals surface area contributed by atoms with Crippen molar-refractivity contribution in [2.45, 2.75) is 18.9 Å². The van der Waals surface area contributed by atoms with Crippen LogP contribution in [0.5, 0.6) is 0 Å². The van der Waals surface area contributed by atoms with Gasteiger partial charge >= 0.3 is 0 Å². The molecule has 24 heavy (non-hydrogen) atoms. The van der Waals surface area contributed by atoms with E-state index in [9.17, 15) is 9.18 Å². The summed E-state index contributed by atoms with van der Waals surface area (Å²) in [6.07, 6.45) is 6.63. The summed E-state index contributed by atoms with van der Waals surface area (Å²) in [5, 5.41) is 3.63. The Morgan fingerprint density at radius 1 is 1.04 bits per heavy atom. The first kappa shape index (κ1) is 14.9. The van der Waals surface area contributed by atoms with E-state index < -0.39 is 0 Å². The first-order chi connectivity index (χ1) is 11.8. The van der Waals surface area contributed by atoms with E-state index in [1.807, 2.05) is 30.3 Å². The second kappa shape index (κ2) is 6.08. The van der Waals surface area contributed by atoms with Crippen LogP contribution in [0.3, 0.4) is 0 Å². The minimum atomic E-state index is -0.245. The van der Waals surface area contributed by atoms with Gasteiger partial charge in [-0.25, -0.2) is 4.39 Å². The molecule has 1 aliphatic carbocycles. The maximum atomic E-state index is 13.4. The maximum absolute atomic E-state index is 13.4. The van der Waals surface area contributed by atoms with Crippen molar-refractivity contribution in [2.24, 2.45) is 5.92 Å². The van der Waals surface area contributed by atoms with E-state index in [0.29, 0.717) is 5.92 Å². The molecular formula is C21H18FNO. The van der Waals surface area contributed by atoms with Gasteiger partial charge in [0, 0.05) is 11.3 Å². The van der Waals surface area contributed by atoms with Crippen LogP contribution in [-0.2, 0) is 4.79 Å². The van der Waals surface area contributed by atoms with Gasteiger partial charge in [-0.3, -0.25) is 4.79 Å². The minimum absolute atomic E-state index is 0.191. The highest BCUT2D eigenvalue weighted by molar-refractivity contribution is 5.93. The largest absolute Gasteiger partial charge is 0.377 e. The number of fused-ring (bicyclic) bond motifs is 1. The lowest BCUT2D eigenvalue weighted by Crippen LogP contribution is -2.29. The van der Waals surface area contributed by atoms with Crippen LogP contribution in [0.2, 0.25) is 0 Å². The van der Waals surface area contributed by atoms with E-state index in [0.717, 1.165) is 34.2 Å². The third kappa shape index (κ3) is 2.67. The Bertz CT molecular complexity index is 831. The van der Waals surface area contributed by atoms with E-state index in [4.69, 9.17) is 0 Å². The molecule has 0 spiro atoms. The van der Waals surface area contributed by atoms with Gasteiger partial charge in [0.1, 0.15) is 12.1 Å². The number of para-hydroxylation sites is 1. The van der Waals surface area contributed by atoms with Crippen molar-refractivity contribution < 1.29 is 9.18 Å². The molecule has 0 saturated heterocycles. The molecule has 0 aromatic heterocycles. The summed E-state index contributed by atoms with van der Waals surface area (Å²) in [6.45, 7) is 0. The number of carbonyl (C=O) groups is 1. The van der Waals surface area contributed by atoms with Crippen LogP contribution in [0.1, 0.15) is 24.0 Å². The predicted molar refractivity (Wildman–Crippen MR) is 94.2 cm³/mol. The van der Waals surface area contributed by atoms with Crippen LogP contribution in [0, 0.1) is 11.7 Å². The third-order valence-electron chi connectivity index (χ3n) is 4.71. The lowest BCUT2D eigenvalue weighted by Gasteiger charge is -2.31. The fourth-order valence-electron chi connectivity index (χ4n) is 3.45. The van der Waals surface area contributed by atoms with Crippen LogP contribution in [0.15, 0.2) is 66.3 Å². The zero-order valence-corrected chi connectivity index (χ0v) is 13.2. The second-order valence-electron chi connectivity index (χ2n) is 6.34. The number of anilines is 1. The summed E-state index contributed by atoms with van der Waals surface area (Å²) >= 11 is 0. The molecule has 0 bridgehead atoms. The number of nitrogens with one attached hydrogen (secondary N) is 1. The van der Waals surface area contributed by atoms with Gasteiger partial charge in [-0.15, -0.1) is 0 Å². The van der Waals surface area contributed by atoms with Gasteiger partial charge in [0.05, 0.1) is 6.04 Å². The molecule has 1 aliphatic heterocycles. The summed E-state index contributed by atoms with van der Waals surface area (Å²) in [4.78, 5) is 10.9. The van der Waals surface area contributed by atoms with Gasteiger partial charge in [-0.05, 0) is 59.7 Å². The average Bonchev–Trinajstić information content (AvgIpc) is 3.44. The lowest BCUT2D eigenvalue weighted by molar-refractivity contribution is -0.104. The average molecular weight is 319 g/mol. The number of allylic oxidation sites excluding steroid dienone is 1. The number of hydrogen-bond donors (Lipinski definition) is 1. The summed E-state index contributed by atoms with van der Waals surface area (Å²) < 4.78 is 13.4. The monoisotopic (exact) mass is 319 g/mol. The van der Waals surface area contributed by atoms with E-state index in [-0.39, 0.29) is 11.9 Å². The van der Waals surface area contributed by atoms with Crippen LogP contribution in [-0.4, -0.2) is 12.3 Å². The van der Waals surface area contributed by atoms with Crippen LogP contribution >= 0.6 is 0 Å². The molecule has 1 fully saturated rings. The molecule has 0 radical (unpaired) electrons. The Labute approximate surface area is 140 Å². The third-order valence-corrected chi connectivity index (χ3v) is 4.71. The van der Waals surface area contributed by atoms with Gasteiger partial charge in [0.15, 0.2) is 0 Å². The smallest absolute Gasteiger partial charge is 0.142 e. The quantitative estimate of drug-likeness (QED) is 0.660. The fraction of sp³-hybridized carbons (Fsp3) is 0.190. The number of hydrogen-bond acceptors (Lipinski definition) is 2. The number of carbonyl (C=O) groups excluding carboxylic acids is 1. The van der Waals surface area contributed by atoms with Gasteiger partial charge in [0.2, 0.25) is 0 Å². The van der Waals surface area contributed by atoms with Crippen LogP contribution < -0.4 is 5.32 Å². The van der Waals surface area contributed by atoms with Gasteiger partial charge in [-0.2, -0.15) is 0 Å². The fourth-order valence-corrected chi connectivity index (χ4v) is 3.45. The van der Waals surface area contributed by atoms with Crippen molar-refractivity contribution in [2.75, 3.05) is 5.32 Å². The normalized spacial score (nSPS) is 20.0. The molecule has 2 aliphatic rings. The van der Waals surface area contributed by atoms with Crippen molar-refractivity contribution in [3.8, 4) is 0 Å². The highest BCUT2D eigenvalue weighted by Crippen LogP contribution is 2.46. The Hall–Kier alpha value is -2.68. The summed E-state index contributed by atoms with van der Waals surface area (Å²) in [6, 6.07) is 15.0. The molecule has 2 aromatic rings. The molecule has 1 N–H and O–H groups in total. The predicted octanol–water partition coefficient (Wildman–Crippen LogP) is 4.59. The van der Waals surface area contributed by atoms with Gasteiger partial charge < -0.3 is 5.32 Å². The molecule has 4 rings (SSSR count). The van der Waals surface area contributed by atoms with Crippen LogP contribution in [0.25, 0.3) is 5.57 Å². The number of rotatable bonds is 4. The molecular weight excluding hydrogens is 301 g/mol. The molecule has 1 unspecified atom stereocenters. The summed E-state index contributed by atoms with van der Waals surface area (Å²) in [5.74, 6) is 0.338. The minimum Gasteiger partial charge on any atom is -0.377 e. The van der Waals surface area contributed by atoms with Crippen molar-refractivity contribution in [1.82, 2.24) is 0 Å². The van der Waals surface area contributed by atoms with Crippen molar-refractivity contribution in [3.05, 3.63) is 83.2 Å². The molecule has 1 saturated carbocycles. The van der Waals surface area contributed by atoms with Crippen LogP contribution in [0.4, 0.5) is 10.1 Å². The standard InChI is InChI=1S/C21H18FNO/c22-16-11-9-14(10-12-16)20-17-4-1-2-6-19(17)23-21(15-7-8-15)18(20)5-3-13-24/h1-6,9-13,15,21,23H,7-8H2/b5-3+. The topological polar surface area (TPSA) is 29.1 Å².